The third-order valence-electron chi connectivity index (χ3n) is 2.00. The van der Waals surface area contributed by atoms with Crippen molar-refractivity contribution in [2.45, 2.75) is 46.0 Å². The van der Waals surface area contributed by atoms with E-state index in [1.54, 1.807) is 0 Å². The predicted molar refractivity (Wildman–Crippen MR) is 55.3 cm³/mol. The number of carbonyl (C=O) groups is 1. The van der Waals surface area contributed by atoms with Gasteiger partial charge in [-0.2, -0.15) is 0 Å². The molecular formula is C11H20O4. The summed E-state index contributed by atoms with van der Waals surface area (Å²) in [6.07, 6.45) is 0. The first-order chi connectivity index (χ1) is 6.70. The molecule has 4 heteroatoms. The molecule has 0 amide bonds. The number of carbonyl (C=O) groups excluding carboxylic acids is 1. The van der Waals surface area contributed by atoms with E-state index in [2.05, 4.69) is 0 Å². The molecule has 0 bridgehead atoms. The van der Waals surface area contributed by atoms with E-state index in [0.29, 0.717) is 13.2 Å². The average Bonchev–Trinajstić information content (AvgIpc) is 2.00. The summed E-state index contributed by atoms with van der Waals surface area (Å²) in [7, 11) is 0. The van der Waals surface area contributed by atoms with Crippen molar-refractivity contribution in [2.75, 3.05) is 13.2 Å². The fourth-order valence-electron chi connectivity index (χ4n) is 1.21. The van der Waals surface area contributed by atoms with E-state index >= 15 is 0 Å². The van der Waals surface area contributed by atoms with E-state index in [1.807, 2.05) is 34.6 Å². The van der Waals surface area contributed by atoms with Crippen molar-refractivity contribution in [3.63, 3.8) is 0 Å². The summed E-state index contributed by atoms with van der Waals surface area (Å²) < 4.78 is 16.0. The average molecular weight is 216 g/mol. The van der Waals surface area contributed by atoms with E-state index in [1.165, 1.54) is 0 Å². The predicted octanol–water partition coefficient (Wildman–Crippen LogP) is 1.73. The van der Waals surface area contributed by atoms with Gasteiger partial charge in [-0.05, 0) is 34.6 Å². The van der Waals surface area contributed by atoms with Gasteiger partial charge in [0.25, 0.3) is 0 Å². The Bertz CT molecular complexity index is 229. The maximum Gasteiger partial charge on any atom is 0.314 e. The number of ether oxygens (including phenoxy) is 3. The fourth-order valence-corrected chi connectivity index (χ4v) is 1.21. The molecule has 4 nitrogen and oxygen atoms in total. The monoisotopic (exact) mass is 216 g/mol. The fraction of sp³-hybridized carbons (Fsp3) is 0.909. The van der Waals surface area contributed by atoms with Gasteiger partial charge >= 0.3 is 5.97 Å². The summed E-state index contributed by atoms with van der Waals surface area (Å²) in [5, 5.41) is 0. The first-order valence-electron chi connectivity index (χ1n) is 5.20. The maximum atomic E-state index is 11.6. The van der Waals surface area contributed by atoms with Crippen molar-refractivity contribution in [2.24, 2.45) is 5.92 Å². The van der Waals surface area contributed by atoms with E-state index < -0.39 is 11.4 Å². The third-order valence-corrected chi connectivity index (χ3v) is 2.00. The largest absolute Gasteiger partial charge is 0.460 e. The molecule has 0 aromatic carbocycles. The summed E-state index contributed by atoms with van der Waals surface area (Å²) in [5.41, 5.74) is -0.454. The Morgan fingerprint density at radius 1 is 1.27 bits per heavy atom. The molecule has 0 atom stereocenters. The molecule has 1 aliphatic rings. The van der Waals surface area contributed by atoms with Gasteiger partial charge in [0.15, 0.2) is 5.79 Å². The van der Waals surface area contributed by atoms with Crippen LogP contribution in [0.2, 0.25) is 0 Å². The lowest BCUT2D eigenvalue weighted by Crippen LogP contribution is -2.43. The second-order valence-corrected chi connectivity index (χ2v) is 5.25. The van der Waals surface area contributed by atoms with Gasteiger partial charge in [0.2, 0.25) is 0 Å². The Balaban J connectivity index is 2.44. The first kappa shape index (κ1) is 12.5. The van der Waals surface area contributed by atoms with Crippen LogP contribution in [0.3, 0.4) is 0 Å². The molecule has 1 fully saturated rings. The van der Waals surface area contributed by atoms with Gasteiger partial charge in [-0.25, -0.2) is 0 Å². The van der Waals surface area contributed by atoms with Crippen molar-refractivity contribution in [3.05, 3.63) is 0 Å². The van der Waals surface area contributed by atoms with Crippen molar-refractivity contribution in [3.8, 4) is 0 Å². The van der Waals surface area contributed by atoms with E-state index in [-0.39, 0.29) is 11.9 Å². The number of hydrogen-bond donors (Lipinski definition) is 0. The molecule has 15 heavy (non-hydrogen) atoms. The minimum absolute atomic E-state index is 0.252. The van der Waals surface area contributed by atoms with Gasteiger partial charge in [-0.3, -0.25) is 4.79 Å². The molecule has 0 saturated carbocycles. The molecule has 1 saturated heterocycles. The maximum absolute atomic E-state index is 11.6. The van der Waals surface area contributed by atoms with Crippen molar-refractivity contribution >= 4 is 5.97 Å². The molecule has 1 aliphatic heterocycles. The summed E-state index contributed by atoms with van der Waals surface area (Å²) in [6.45, 7) is 9.93. The smallest absolute Gasteiger partial charge is 0.314 e. The molecule has 0 N–H and O–H groups in total. The van der Waals surface area contributed by atoms with Crippen LogP contribution in [0.25, 0.3) is 0 Å². The number of hydrogen-bond acceptors (Lipinski definition) is 4. The normalized spacial score (nSPS) is 22.5. The van der Waals surface area contributed by atoms with Crippen LogP contribution >= 0.6 is 0 Å². The highest BCUT2D eigenvalue weighted by molar-refractivity contribution is 5.73. The molecule has 1 heterocycles. The van der Waals surface area contributed by atoms with E-state index in [0.717, 1.165) is 0 Å². The van der Waals surface area contributed by atoms with Gasteiger partial charge in [0.1, 0.15) is 11.5 Å². The lowest BCUT2D eigenvalue weighted by atomic mass is 10.1. The van der Waals surface area contributed by atoms with Crippen molar-refractivity contribution in [1.29, 1.82) is 0 Å². The molecule has 0 aromatic rings. The van der Waals surface area contributed by atoms with Crippen LogP contribution in [0.5, 0.6) is 0 Å². The zero-order valence-corrected chi connectivity index (χ0v) is 10.1. The van der Waals surface area contributed by atoms with Crippen LogP contribution < -0.4 is 0 Å². The second kappa shape index (κ2) is 4.10. The van der Waals surface area contributed by atoms with Crippen LogP contribution in [0, 0.1) is 5.92 Å². The van der Waals surface area contributed by atoms with E-state index in [9.17, 15) is 4.79 Å². The Hall–Kier alpha value is -0.610. The third kappa shape index (κ3) is 4.18. The van der Waals surface area contributed by atoms with E-state index in [4.69, 9.17) is 14.2 Å². The summed E-state index contributed by atoms with van der Waals surface area (Å²) in [6, 6.07) is 0. The molecule has 0 aliphatic carbocycles. The Kier molecular flexibility index (Phi) is 3.41. The minimum atomic E-state index is -0.585. The molecule has 0 radical (unpaired) electrons. The zero-order valence-electron chi connectivity index (χ0n) is 10.1. The Morgan fingerprint density at radius 3 is 2.13 bits per heavy atom. The van der Waals surface area contributed by atoms with Crippen LogP contribution in [-0.2, 0) is 19.0 Å². The minimum Gasteiger partial charge on any atom is -0.460 e. The quantitative estimate of drug-likeness (QED) is 0.626. The number of rotatable bonds is 1. The van der Waals surface area contributed by atoms with Crippen LogP contribution in [0.4, 0.5) is 0 Å². The number of esters is 1. The molecule has 1 rings (SSSR count). The molecule has 0 aromatic heterocycles. The molecule has 0 unspecified atom stereocenters. The molecule has 0 spiro atoms. The lowest BCUT2D eigenvalue weighted by Gasteiger charge is -2.34. The van der Waals surface area contributed by atoms with Gasteiger partial charge in [0, 0.05) is 0 Å². The van der Waals surface area contributed by atoms with Crippen LogP contribution in [-0.4, -0.2) is 30.6 Å². The highest BCUT2D eigenvalue weighted by Crippen LogP contribution is 2.22. The van der Waals surface area contributed by atoms with Crippen LogP contribution in [0.15, 0.2) is 0 Å². The van der Waals surface area contributed by atoms with Gasteiger partial charge in [0.05, 0.1) is 13.2 Å². The summed E-state index contributed by atoms with van der Waals surface area (Å²) >= 11 is 0. The highest BCUT2D eigenvalue weighted by atomic mass is 16.7. The summed E-state index contributed by atoms with van der Waals surface area (Å²) in [5.74, 6) is -1.14. The zero-order chi connectivity index (χ0) is 11.7. The van der Waals surface area contributed by atoms with Gasteiger partial charge in [-0.1, -0.05) is 0 Å². The standard InChI is InChI=1S/C11H20O4/c1-10(2,3)15-9(12)8-6-13-11(4,5)14-7-8/h8H,6-7H2,1-5H3. The summed E-state index contributed by atoms with van der Waals surface area (Å²) in [4.78, 5) is 11.6. The van der Waals surface area contributed by atoms with Crippen molar-refractivity contribution in [1.82, 2.24) is 0 Å². The van der Waals surface area contributed by atoms with Gasteiger partial charge < -0.3 is 14.2 Å². The Morgan fingerprint density at radius 2 is 1.73 bits per heavy atom. The van der Waals surface area contributed by atoms with Gasteiger partial charge in [-0.15, -0.1) is 0 Å². The SMILES string of the molecule is CC(C)(C)OC(=O)C1COC(C)(C)OC1. The Labute approximate surface area is 90.9 Å². The second-order valence-electron chi connectivity index (χ2n) is 5.25. The lowest BCUT2D eigenvalue weighted by molar-refractivity contribution is -0.263. The first-order valence-corrected chi connectivity index (χ1v) is 5.20. The van der Waals surface area contributed by atoms with Crippen molar-refractivity contribution < 1.29 is 19.0 Å². The van der Waals surface area contributed by atoms with Crippen LogP contribution in [0.1, 0.15) is 34.6 Å². The highest BCUT2D eigenvalue weighted by Gasteiger charge is 2.34. The molecular weight excluding hydrogens is 196 g/mol. The topological polar surface area (TPSA) is 44.8 Å². The molecule has 88 valence electrons.